The normalized spacial score (nSPS) is 9.85. The maximum Gasteiger partial charge on any atom is 0.319 e. The Morgan fingerprint density at radius 1 is 1.15 bits per heavy atom. The molecular weight excluding hydrogens is 168 g/mol. The van der Waals surface area contributed by atoms with Crippen molar-refractivity contribution in [2.45, 2.75) is 20.3 Å². The Hall–Kier alpha value is -1.32. The predicted molar refractivity (Wildman–Crippen MR) is 49.3 cm³/mol. The molecule has 0 bridgehead atoms. The van der Waals surface area contributed by atoms with Gasteiger partial charge >= 0.3 is 6.01 Å². The van der Waals surface area contributed by atoms with Gasteiger partial charge in [-0.2, -0.15) is 4.98 Å². The molecule has 0 radical (unpaired) electrons. The minimum atomic E-state index is 0.353. The molecule has 0 spiro atoms. The fourth-order valence-corrected chi connectivity index (χ4v) is 1.21. The summed E-state index contributed by atoms with van der Waals surface area (Å²) in [5.74, 6) is 0.604. The molecule has 1 rings (SSSR count). The highest BCUT2D eigenvalue weighted by Crippen LogP contribution is 2.21. The largest absolute Gasteiger partial charge is 0.481 e. The molecule has 72 valence electrons. The maximum atomic E-state index is 5.13. The quantitative estimate of drug-likeness (QED) is 0.708. The van der Waals surface area contributed by atoms with Crippen LogP contribution in [0.4, 0.5) is 0 Å². The zero-order valence-corrected chi connectivity index (χ0v) is 8.42. The molecule has 4 nitrogen and oxygen atoms in total. The van der Waals surface area contributed by atoms with Gasteiger partial charge in [0.25, 0.3) is 0 Å². The average Bonchev–Trinajstić information content (AvgIpc) is 2.16. The van der Waals surface area contributed by atoms with E-state index in [1.165, 1.54) is 0 Å². The van der Waals surface area contributed by atoms with Gasteiger partial charge < -0.3 is 9.47 Å². The Bertz CT molecular complexity index is 300. The number of rotatable bonds is 3. The number of methoxy groups -OCH3 is 2. The monoisotopic (exact) mass is 182 g/mol. The smallest absolute Gasteiger partial charge is 0.319 e. The van der Waals surface area contributed by atoms with Gasteiger partial charge in [-0.25, -0.2) is 4.98 Å². The zero-order valence-electron chi connectivity index (χ0n) is 8.42. The molecule has 0 saturated carbocycles. The number of hydrogen-bond donors (Lipinski definition) is 0. The summed E-state index contributed by atoms with van der Waals surface area (Å²) in [6, 6.07) is 0.353. The number of aryl methyl sites for hydroxylation is 1. The van der Waals surface area contributed by atoms with E-state index in [2.05, 4.69) is 9.97 Å². The van der Waals surface area contributed by atoms with Crippen molar-refractivity contribution < 1.29 is 9.47 Å². The van der Waals surface area contributed by atoms with E-state index in [-0.39, 0.29) is 0 Å². The van der Waals surface area contributed by atoms with Gasteiger partial charge in [-0.05, 0) is 13.3 Å². The molecule has 4 heteroatoms. The van der Waals surface area contributed by atoms with Crippen LogP contribution in [-0.2, 0) is 6.42 Å². The van der Waals surface area contributed by atoms with E-state index in [0.29, 0.717) is 11.9 Å². The second kappa shape index (κ2) is 4.07. The Kier molecular flexibility index (Phi) is 3.06. The molecule has 0 aliphatic rings. The van der Waals surface area contributed by atoms with Gasteiger partial charge in [0.2, 0.25) is 5.88 Å². The van der Waals surface area contributed by atoms with Crippen molar-refractivity contribution in [3.63, 3.8) is 0 Å². The van der Waals surface area contributed by atoms with Crippen molar-refractivity contribution in [2.75, 3.05) is 14.2 Å². The van der Waals surface area contributed by atoms with Crippen molar-refractivity contribution in [2.24, 2.45) is 0 Å². The highest BCUT2D eigenvalue weighted by molar-refractivity contribution is 5.31. The molecule has 0 fully saturated rings. The van der Waals surface area contributed by atoms with Crippen LogP contribution in [0.5, 0.6) is 11.9 Å². The van der Waals surface area contributed by atoms with E-state index in [1.54, 1.807) is 14.2 Å². The van der Waals surface area contributed by atoms with Crippen LogP contribution in [0, 0.1) is 6.92 Å². The van der Waals surface area contributed by atoms with Crippen molar-refractivity contribution in [1.29, 1.82) is 0 Å². The van der Waals surface area contributed by atoms with Crippen LogP contribution in [0.1, 0.15) is 18.2 Å². The van der Waals surface area contributed by atoms with Gasteiger partial charge in [0.05, 0.1) is 19.9 Å². The molecule has 0 aromatic carbocycles. The molecule has 13 heavy (non-hydrogen) atoms. The summed E-state index contributed by atoms with van der Waals surface area (Å²) in [5.41, 5.74) is 1.94. The molecule has 0 aliphatic heterocycles. The number of nitrogens with zero attached hydrogens (tertiary/aromatic N) is 2. The van der Waals surface area contributed by atoms with Crippen LogP contribution in [0.3, 0.4) is 0 Å². The molecule has 1 heterocycles. The third-order valence-corrected chi connectivity index (χ3v) is 1.88. The van der Waals surface area contributed by atoms with Gasteiger partial charge in [-0.1, -0.05) is 6.92 Å². The molecule has 0 saturated heterocycles. The van der Waals surface area contributed by atoms with Gasteiger partial charge in [0, 0.05) is 5.56 Å². The first-order chi connectivity index (χ1) is 6.22. The topological polar surface area (TPSA) is 44.2 Å². The third kappa shape index (κ3) is 1.88. The molecule has 0 amide bonds. The lowest BCUT2D eigenvalue weighted by Crippen LogP contribution is -2.02. The van der Waals surface area contributed by atoms with Gasteiger partial charge in [0.15, 0.2) is 0 Å². The summed E-state index contributed by atoms with van der Waals surface area (Å²) >= 11 is 0. The number of aromatic nitrogens is 2. The Morgan fingerprint density at radius 3 is 2.31 bits per heavy atom. The average molecular weight is 182 g/mol. The first-order valence-corrected chi connectivity index (χ1v) is 4.18. The Labute approximate surface area is 77.9 Å². The van der Waals surface area contributed by atoms with Crippen LogP contribution in [0.15, 0.2) is 0 Å². The highest BCUT2D eigenvalue weighted by Gasteiger charge is 2.10. The number of ether oxygens (including phenoxy) is 2. The van der Waals surface area contributed by atoms with E-state index in [9.17, 15) is 0 Å². The fraction of sp³-hybridized carbons (Fsp3) is 0.556. The van der Waals surface area contributed by atoms with Gasteiger partial charge in [-0.15, -0.1) is 0 Å². The molecular formula is C9H14N2O2. The van der Waals surface area contributed by atoms with E-state index in [1.807, 2.05) is 13.8 Å². The van der Waals surface area contributed by atoms with E-state index < -0.39 is 0 Å². The number of hydrogen-bond acceptors (Lipinski definition) is 4. The lowest BCUT2D eigenvalue weighted by molar-refractivity contribution is 0.347. The molecule has 1 aromatic heterocycles. The molecule has 0 atom stereocenters. The van der Waals surface area contributed by atoms with E-state index in [0.717, 1.165) is 17.7 Å². The summed E-state index contributed by atoms with van der Waals surface area (Å²) in [7, 11) is 3.14. The predicted octanol–water partition coefficient (Wildman–Crippen LogP) is 1.36. The van der Waals surface area contributed by atoms with Crippen molar-refractivity contribution in [1.82, 2.24) is 9.97 Å². The molecule has 0 unspecified atom stereocenters. The summed E-state index contributed by atoms with van der Waals surface area (Å²) in [6.45, 7) is 3.96. The van der Waals surface area contributed by atoms with Crippen molar-refractivity contribution in [3.05, 3.63) is 11.3 Å². The maximum absolute atomic E-state index is 5.13. The summed E-state index contributed by atoms with van der Waals surface area (Å²) in [5, 5.41) is 0. The van der Waals surface area contributed by atoms with E-state index >= 15 is 0 Å². The second-order valence-electron chi connectivity index (χ2n) is 2.64. The molecule has 0 N–H and O–H groups in total. The minimum Gasteiger partial charge on any atom is -0.481 e. The fourth-order valence-electron chi connectivity index (χ4n) is 1.21. The summed E-state index contributed by atoms with van der Waals surface area (Å²) < 4.78 is 10.1. The zero-order chi connectivity index (χ0) is 9.84. The molecule has 0 aliphatic carbocycles. The lowest BCUT2D eigenvalue weighted by Gasteiger charge is -2.09. The lowest BCUT2D eigenvalue weighted by atomic mass is 10.2. The first kappa shape index (κ1) is 9.77. The van der Waals surface area contributed by atoms with Crippen molar-refractivity contribution in [3.8, 4) is 11.9 Å². The third-order valence-electron chi connectivity index (χ3n) is 1.88. The van der Waals surface area contributed by atoms with Crippen LogP contribution in [0.25, 0.3) is 0 Å². The van der Waals surface area contributed by atoms with Crippen LogP contribution in [-0.4, -0.2) is 24.2 Å². The standard InChI is InChI=1S/C9H14N2O2/c1-5-7-6(2)10-9(13-4)11-8(7)12-3/h5H2,1-4H3. The Balaban J connectivity index is 3.20. The second-order valence-corrected chi connectivity index (χ2v) is 2.64. The minimum absolute atomic E-state index is 0.353. The van der Waals surface area contributed by atoms with Crippen LogP contribution in [0.2, 0.25) is 0 Å². The van der Waals surface area contributed by atoms with Crippen LogP contribution >= 0.6 is 0 Å². The first-order valence-electron chi connectivity index (χ1n) is 4.18. The highest BCUT2D eigenvalue weighted by atomic mass is 16.5. The van der Waals surface area contributed by atoms with E-state index in [4.69, 9.17) is 9.47 Å². The van der Waals surface area contributed by atoms with Crippen molar-refractivity contribution >= 4 is 0 Å². The summed E-state index contributed by atoms with van der Waals surface area (Å²) in [4.78, 5) is 8.24. The van der Waals surface area contributed by atoms with Gasteiger partial charge in [0.1, 0.15) is 0 Å². The Morgan fingerprint density at radius 2 is 1.85 bits per heavy atom. The van der Waals surface area contributed by atoms with Crippen LogP contribution < -0.4 is 9.47 Å². The van der Waals surface area contributed by atoms with Gasteiger partial charge in [-0.3, -0.25) is 0 Å². The SMILES string of the molecule is CCc1c(C)nc(OC)nc1OC. The summed E-state index contributed by atoms with van der Waals surface area (Å²) in [6.07, 6.45) is 0.860. The molecule has 1 aromatic rings.